The Bertz CT molecular complexity index is 379. The van der Waals surface area contributed by atoms with Crippen molar-refractivity contribution in [3.63, 3.8) is 0 Å². The van der Waals surface area contributed by atoms with Crippen molar-refractivity contribution in [3.05, 3.63) is 35.4 Å². The lowest BCUT2D eigenvalue weighted by molar-refractivity contribution is 0.0444. The van der Waals surface area contributed by atoms with Crippen molar-refractivity contribution in [1.29, 1.82) is 0 Å². The summed E-state index contributed by atoms with van der Waals surface area (Å²) in [6.07, 6.45) is 0. The molecule has 1 aromatic carbocycles. The van der Waals surface area contributed by atoms with Gasteiger partial charge in [-0.05, 0) is 18.7 Å². The van der Waals surface area contributed by atoms with E-state index in [0.717, 1.165) is 6.54 Å². The summed E-state index contributed by atoms with van der Waals surface area (Å²) in [6.45, 7) is 2.65. The fourth-order valence-electron chi connectivity index (χ4n) is 1.03. The van der Waals surface area contributed by atoms with Gasteiger partial charge in [0.05, 0.1) is 11.1 Å². The van der Waals surface area contributed by atoms with Gasteiger partial charge in [-0.3, -0.25) is 12.9 Å². The molecule has 0 spiro atoms. The number of halogens is 3. The lowest BCUT2D eigenvalue weighted by atomic mass is 10.1. The number of ether oxygens (including phenoxy) is 1. The average Bonchev–Trinajstić information content (AvgIpc) is 2.56. The maximum atomic E-state index is 10.8. The molecule has 1 aliphatic rings. The first-order valence-electron chi connectivity index (χ1n) is 4.91. The summed E-state index contributed by atoms with van der Waals surface area (Å²) >= 11 is 0. The van der Waals surface area contributed by atoms with Gasteiger partial charge in [0.25, 0.3) is 0 Å². The molecule has 2 rings (SSSR count). The number of benzene rings is 1. The van der Waals surface area contributed by atoms with E-state index in [2.05, 4.69) is 4.74 Å². The molecule has 0 fully saturated rings. The number of carbonyl (C=O) groups is 2. The van der Waals surface area contributed by atoms with Crippen molar-refractivity contribution in [3.8, 4) is 0 Å². The first-order chi connectivity index (χ1) is 8.43. The van der Waals surface area contributed by atoms with E-state index in [4.69, 9.17) is 5.73 Å². The monoisotopic (exact) mass is 261 g/mol. The minimum absolute atomic E-state index is 0.359. The Morgan fingerprint density at radius 3 is 1.67 bits per heavy atom. The Morgan fingerprint density at radius 1 is 1.11 bits per heavy atom. The normalized spacial score (nSPS) is 11.4. The maximum Gasteiger partial charge on any atom is 0.762 e. The number of fused-ring (bicyclic) bond motifs is 1. The summed E-state index contributed by atoms with van der Waals surface area (Å²) in [5.41, 5.74) is 5.56. The van der Waals surface area contributed by atoms with E-state index in [1.807, 2.05) is 6.92 Å². The molecule has 18 heavy (non-hydrogen) atoms. The molecule has 0 bridgehead atoms. The van der Waals surface area contributed by atoms with Crippen LogP contribution in [0.15, 0.2) is 24.3 Å². The highest BCUT2D eigenvalue weighted by molar-refractivity contribution is 6.33. The van der Waals surface area contributed by atoms with Crippen LogP contribution in [0.3, 0.4) is 0 Å². The van der Waals surface area contributed by atoms with Crippen LogP contribution in [0.5, 0.6) is 0 Å². The standard InChI is InChI=1S/C8H4O3.C2H7N.BF3/c9-7-5-3-1-2-4-6(5)8(10)11-7;1-2-3;2-1(3)4/h1-4H;2-3H2,1H3;. The molecular formula is C10H11BF3NO3. The molecule has 0 aromatic heterocycles. The SMILES string of the molecule is CCN.FB(F)F.O=C1OC(=O)c2ccccc21. The van der Waals surface area contributed by atoms with Crippen LogP contribution in [0.2, 0.25) is 0 Å². The molecule has 0 radical (unpaired) electrons. The van der Waals surface area contributed by atoms with Crippen LogP contribution in [0.4, 0.5) is 12.9 Å². The summed E-state index contributed by atoms with van der Waals surface area (Å²) in [7, 11) is -3.67. The minimum atomic E-state index is -3.67. The topological polar surface area (TPSA) is 69.4 Å². The second-order valence-electron chi connectivity index (χ2n) is 2.88. The molecule has 1 aromatic rings. The quantitative estimate of drug-likeness (QED) is 0.439. The Balaban J connectivity index is 0.000000351. The van der Waals surface area contributed by atoms with Crippen LogP contribution in [0, 0.1) is 0 Å². The van der Waals surface area contributed by atoms with Crippen molar-refractivity contribution < 1.29 is 27.3 Å². The Labute approximate surface area is 102 Å². The van der Waals surface area contributed by atoms with Crippen molar-refractivity contribution in [1.82, 2.24) is 0 Å². The highest BCUT2D eigenvalue weighted by atomic mass is 19.4. The maximum absolute atomic E-state index is 10.8. The summed E-state index contributed by atoms with van der Waals surface area (Å²) in [4.78, 5) is 21.7. The molecule has 1 heterocycles. The Hall–Kier alpha value is -1.83. The average molecular weight is 261 g/mol. The van der Waals surface area contributed by atoms with E-state index in [9.17, 15) is 22.5 Å². The van der Waals surface area contributed by atoms with Gasteiger partial charge >= 0.3 is 19.5 Å². The molecule has 8 heteroatoms. The second-order valence-corrected chi connectivity index (χ2v) is 2.88. The van der Waals surface area contributed by atoms with Crippen LogP contribution in [0.25, 0.3) is 0 Å². The van der Waals surface area contributed by atoms with E-state index in [1.165, 1.54) is 0 Å². The van der Waals surface area contributed by atoms with Gasteiger partial charge in [-0.15, -0.1) is 0 Å². The summed E-state index contributed by atoms with van der Waals surface area (Å²) in [5.74, 6) is -1.10. The highest BCUT2D eigenvalue weighted by Gasteiger charge is 2.28. The largest absolute Gasteiger partial charge is 0.762 e. The van der Waals surface area contributed by atoms with E-state index in [-0.39, 0.29) is 0 Å². The summed E-state index contributed by atoms with van der Waals surface area (Å²) < 4.78 is 33.4. The van der Waals surface area contributed by atoms with E-state index in [0.29, 0.717) is 11.1 Å². The van der Waals surface area contributed by atoms with E-state index in [1.54, 1.807) is 24.3 Å². The molecule has 0 saturated carbocycles. The van der Waals surface area contributed by atoms with Gasteiger partial charge < -0.3 is 10.5 Å². The van der Waals surface area contributed by atoms with Crippen molar-refractivity contribution in [2.24, 2.45) is 5.73 Å². The molecule has 0 saturated heterocycles. The molecule has 4 nitrogen and oxygen atoms in total. The van der Waals surface area contributed by atoms with Gasteiger partial charge in [-0.2, -0.15) is 0 Å². The molecule has 2 N–H and O–H groups in total. The van der Waals surface area contributed by atoms with Crippen LogP contribution in [0.1, 0.15) is 27.6 Å². The summed E-state index contributed by atoms with van der Waals surface area (Å²) in [5, 5.41) is 0. The zero-order chi connectivity index (χ0) is 14.1. The van der Waals surface area contributed by atoms with Gasteiger partial charge in [-0.25, -0.2) is 9.59 Å². The van der Waals surface area contributed by atoms with Gasteiger partial charge in [0.15, 0.2) is 0 Å². The predicted octanol–water partition coefficient (Wildman–Crippen LogP) is 1.84. The summed E-state index contributed by atoms with van der Waals surface area (Å²) in [6, 6.07) is 6.53. The molecule has 0 aliphatic carbocycles. The van der Waals surface area contributed by atoms with Crippen molar-refractivity contribution in [2.75, 3.05) is 6.54 Å². The van der Waals surface area contributed by atoms with Crippen LogP contribution in [-0.4, -0.2) is 26.0 Å². The number of hydrogen-bond acceptors (Lipinski definition) is 4. The number of rotatable bonds is 0. The van der Waals surface area contributed by atoms with E-state index >= 15 is 0 Å². The number of nitrogens with two attached hydrogens (primary N) is 1. The van der Waals surface area contributed by atoms with Gasteiger partial charge in [-0.1, -0.05) is 19.1 Å². The van der Waals surface area contributed by atoms with Crippen LogP contribution < -0.4 is 5.73 Å². The number of esters is 2. The van der Waals surface area contributed by atoms with E-state index < -0.39 is 19.5 Å². The Morgan fingerprint density at radius 2 is 1.39 bits per heavy atom. The molecule has 0 amide bonds. The third-order valence-electron chi connectivity index (χ3n) is 1.55. The minimum Gasteiger partial charge on any atom is -0.386 e. The van der Waals surface area contributed by atoms with Gasteiger partial charge in [0.1, 0.15) is 0 Å². The van der Waals surface area contributed by atoms with Gasteiger partial charge in [0.2, 0.25) is 0 Å². The Kier molecular flexibility index (Phi) is 7.45. The second kappa shape index (κ2) is 8.29. The lowest BCUT2D eigenvalue weighted by Crippen LogP contribution is -1.96. The van der Waals surface area contributed by atoms with Gasteiger partial charge in [0, 0.05) is 0 Å². The first-order valence-corrected chi connectivity index (χ1v) is 4.91. The molecular weight excluding hydrogens is 250 g/mol. The van der Waals surface area contributed by atoms with Crippen molar-refractivity contribution >= 4 is 19.5 Å². The predicted molar refractivity (Wildman–Crippen MR) is 60.0 cm³/mol. The van der Waals surface area contributed by atoms with Crippen molar-refractivity contribution in [2.45, 2.75) is 6.92 Å². The van der Waals surface area contributed by atoms with Crippen LogP contribution >= 0.6 is 0 Å². The smallest absolute Gasteiger partial charge is 0.386 e. The third kappa shape index (κ3) is 5.49. The number of carbonyl (C=O) groups excluding carboxylic acids is 2. The lowest BCUT2D eigenvalue weighted by Gasteiger charge is -1.86. The highest BCUT2D eigenvalue weighted by Crippen LogP contribution is 2.18. The third-order valence-corrected chi connectivity index (χ3v) is 1.55. The fraction of sp³-hybridized carbons (Fsp3) is 0.200. The fourth-order valence-corrected chi connectivity index (χ4v) is 1.03. The molecule has 1 aliphatic heterocycles. The molecule has 98 valence electrons. The number of cyclic esters (lactones) is 2. The molecule has 0 atom stereocenters. The zero-order valence-corrected chi connectivity index (χ0v) is 9.53. The first kappa shape index (κ1) is 16.2. The molecule has 0 unspecified atom stereocenters. The zero-order valence-electron chi connectivity index (χ0n) is 9.53. The number of hydrogen-bond donors (Lipinski definition) is 1. The van der Waals surface area contributed by atoms with Crippen LogP contribution in [-0.2, 0) is 4.74 Å².